The monoisotopic (exact) mass is 318 g/mol. The van der Waals surface area contributed by atoms with Crippen molar-refractivity contribution in [2.45, 2.75) is 39.7 Å². The predicted octanol–water partition coefficient (Wildman–Crippen LogP) is 3.23. The third-order valence-electron chi connectivity index (χ3n) is 4.67. The molecule has 0 atom stereocenters. The summed E-state index contributed by atoms with van der Waals surface area (Å²) in [7, 11) is 0. The number of hydrogen-bond donors (Lipinski definition) is 2. The van der Waals surface area contributed by atoms with Crippen LogP contribution < -0.4 is 5.32 Å². The molecular weight excluding hydrogens is 288 g/mol. The summed E-state index contributed by atoms with van der Waals surface area (Å²) >= 11 is 0. The molecule has 0 amide bonds. The first-order chi connectivity index (χ1) is 11.0. The van der Waals surface area contributed by atoms with Gasteiger partial charge in [0.05, 0.1) is 5.56 Å². The molecule has 4 heteroatoms. The number of carbonyl (C=O) groups is 1. The van der Waals surface area contributed by atoms with E-state index in [0.717, 1.165) is 30.5 Å². The molecule has 128 valence electrons. The summed E-state index contributed by atoms with van der Waals surface area (Å²) in [6, 6.07) is 7.18. The molecule has 1 fully saturated rings. The first-order valence-electron chi connectivity index (χ1n) is 8.80. The van der Waals surface area contributed by atoms with Gasteiger partial charge in [-0.25, -0.2) is 4.79 Å². The molecule has 1 heterocycles. The SMILES string of the molecule is CC(C)CCN1CCC(CNCc2cccc(C(=O)O)c2)CC1. The second-order valence-corrected chi connectivity index (χ2v) is 7.10. The number of piperidine rings is 1. The fraction of sp³-hybridized carbons (Fsp3) is 0.632. The van der Waals surface area contributed by atoms with Crippen LogP contribution in [-0.4, -0.2) is 42.2 Å². The fourth-order valence-corrected chi connectivity index (χ4v) is 3.09. The van der Waals surface area contributed by atoms with Gasteiger partial charge in [0, 0.05) is 6.54 Å². The van der Waals surface area contributed by atoms with Gasteiger partial charge in [-0.15, -0.1) is 0 Å². The average molecular weight is 318 g/mol. The van der Waals surface area contributed by atoms with Crippen LogP contribution in [0.25, 0.3) is 0 Å². The number of likely N-dealkylation sites (tertiary alicyclic amines) is 1. The van der Waals surface area contributed by atoms with E-state index < -0.39 is 5.97 Å². The molecule has 1 aromatic carbocycles. The Morgan fingerprint density at radius 1 is 1.35 bits per heavy atom. The summed E-state index contributed by atoms with van der Waals surface area (Å²) in [6.07, 6.45) is 3.82. The number of nitrogens with one attached hydrogen (secondary N) is 1. The van der Waals surface area contributed by atoms with Gasteiger partial charge in [0.25, 0.3) is 0 Å². The van der Waals surface area contributed by atoms with Crippen molar-refractivity contribution in [1.29, 1.82) is 0 Å². The van der Waals surface area contributed by atoms with E-state index in [1.807, 2.05) is 12.1 Å². The molecule has 1 aromatic rings. The molecule has 0 aromatic heterocycles. The van der Waals surface area contributed by atoms with Crippen molar-refractivity contribution in [2.75, 3.05) is 26.2 Å². The summed E-state index contributed by atoms with van der Waals surface area (Å²) in [6.45, 7) is 10.0. The van der Waals surface area contributed by atoms with Crippen molar-refractivity contribution in [3.05, 3.63) is 35.4 Å². The minimum Gasteiger partial charge on any atom is -0.478 e. The van der Waals surface area contributed by atoms with Crippen molar-refractivity contribution in [3.63, 3.8) is 0 Å². The Bertz CT molecular complexity index is 494. The highest BCUT2D eigenvalue weighted by atomic mass is 16.4. The molecule has 0 aliphatic carbocycles. The van der Waals surface area contributed by atoms with E-state index in [1.165, 1.54) is 38.9 Å². The first-order valence-corrected chi connectivity index (χ1v) is 8.80. The molecule has 23 heavy (non-hydrogen) atoms. The van der Waals surface area contributed by atoms with Crippen LogP contribution in [0.3, 0.4) is 0 Å². The normalized spacial score (nSPS) is 16.8. The van der Waals surface area contributed by atoms with Crippen molar-refractivity contribution >= 4 is 5.97 Å². The maximum Gasteiger partial charge on any atom is 0.335 e. The second-order valence-electron chi connectivity index (χ2n) is 7.10. The molecule has 2 rings (SSSR count). The molecule has 0 radical (unpaired) electrons. The highest BCUT2D eigenvalue weighted by Crippen LogP contribution is 2.17. The van der Waals surface area contributed by atoms with E-state index in [-0.39, 0.29) is 0 Å². The van der Waals surface area contributed by atoms with Gasteiger partial charge >= 0.3 is 5.97 Å². The lowest BCUT2D eigenvalue weighted by molar-refractivity contribution is 0.0696. The molecule has 0 bridgehead atoms. The van der Waals surface area contributed by atoms with Gasteiger partial charge in [0.1, 0.15) is 0 Å². The average Bonchev–Trinajstić information content (AvgIpc) is 2.54. The summed E-state index contributed by atoms with van der Waals surface area (Å²) < 4.78 is 0. The van der Waals surface area contributed by atoms with Gasteiger partial charge in [-0.05, 0) is 75.0 Å². The zero-order chi connectivity index (χ0) is 16.7. The van der Waals surface area contributed by atoms with Gasteiger partial charge in [-0.3, -0.25) is 0 Å². The molecule has 4 nitrogen and oxygen atoms in total. The molecule has 0 spiro atoms. The zero-order valence-electron chi connectivity index (χ0n) is 14.4. The van der Waals surface area contributed by atoms with Crippen LogP contribution in [0.2, 0.25) is 0 Å². The second kappa shape index (κ2) is 9.04. The van der Waals surface area contributed by atoms with Crippen LogP contribution in [0, 0.1) is 11.8 Å². The quantitative estimate of drug-likeness (QED) is 0.772. The van der Waals surface area contributed by atoms with Crippen molar-refractivity contribution < 1.29 is 9.90 Å². The molecule has 0 saturated carbocycles. The van der Waals surface area contributed by atoms with E-state index in [9.17, 15) is 4.79 Å². The highest BCUT2D eigenvalue weighted by molar-refractivity contribution is 5.87. The van der Waals surface area contributed by atoms with Crippen LogP contribution >= 0.6 is 0 Å². The lowest BCUT2D eigenvalue weighted by Gasteiger charge is -2.32. The summed E-state index contributed by atoms with van der Waals surface area (Å²) in [5.41, 5.74) is 1.40. The Morgan fingerprint density at radius 2 is 2.09 bits per heavy atom. The molecule has 1 aliphatic rings. The molecule has 1 aliphatic heterocycles. The van der Waals surface area contributed by atoms with Crippen molar-refractivity contribution in [2.24, 2.45) is 11.8 Å². The van der Waals surface area contributed by atoms with Crippen molar-refractivity contribution in [3.8, 4) is 0 Å². The number of carboxylic acid groups (broad SMARTS) is 1. The summed E-state index contributed by atoms with van der Waals surface area (Å²) in [5, 5.41) is 12.5. The molecule has 1 saturated heterocycles. The van der Waals surface area contributed by atoms with Crippen molar-refractivity contribution in [1.82, 2.24) is 10.2 Å². The Kier molecular flexibility index (Phi) is 7.06. The molecular formula is C19H30N2O2. The maximum atomic E-state index is 11.0. The highest BCUT2D eigenvalue weighted by Gasteiger charge is 2.18. The van der Waals surface area contributed by atoms with Gasteiger partial charge in [-0.1, -0.05) is 26.0 Å². The van der Waals surface area contributed by atoms with E-state index in [0.29, 0.717) is 5.56 Å². The Morgan fingerprint density at radius 3 is 2.74 bits per heavy atom. The van der Waals surface area contributed by atoms with Crippen LogP contribution in [0.4, 0.5) is 0 Å². The van der Waals surface area contributed by atoms with Gasteiger partial charge in [0.2, 0.25) is 0 Å². The van der Waals surface area contributed by atoms with E-state index in [1.54, 1.807) is 12.1 Å². The number of hydrogen-bond acceptors (Lipinski definition) is 3. The Hall–Kier alpha value is -1.39. The third kappa shape index (κ3) is 6.32. The minimum absolute atomic E-state index is 0.364. The molecule has 2 N–H and O–H groups in total. The predicted molar refractivity (Wildman–Crippen MR) is 93.7 cm³/mol. The smallest absolute Gasteiger partial charge is 0.335 e. The number of aromatic carboxylic acids is 1. The van der Waals surface area contributed by atoms with Crippen LogP contribution in [0.15, 0.2) is 24.3 Å². The van der Waals surface area contributed by atoms with E-state index >= 15 is 0 Å². The largest absolute Gasteiger partial charge is 0.478 e. The van der Waals surface area contributed by atoms with E-state index in [4.69, 9.17) is 5.11 Å². The summed E-state index contributed by atoms with van der Waals surface area (Å²) in [5.74, 6) is 0.671. The Labute approximate surface area is 139 Å². The van der Waals surface area contributed by atoms with Crippen LogP contribution in [0.1, 0.15) is 49.0 Å². The lowest BCUT2D eigenvalue weighted by atomic mass is 9.96. The standard InChI is InChI=1S/C19H30N2O2/c1-15(2)6-9-21-10-7-16(8-11-21)13-20-14-17-4-3-5-18(12-17)19(22)23/h3-5,12,15-16,20H,6-11,13-14H2,1-2H3,(H,22,23). The zero-order valence-corrected chi connectivity index (χ0v) is 14.4. The summed E-state index contributed by atoms with van der Waals surface area (Å²) in [4.78, 5) is 13.6. The van der Waals surface area contributed by atoms with Gasteiger partial charge in [0.15, 0.2) is 0 Å². The maximum absolute atomic E-state index is 11.0. The van der Waals surface area contributed by atoms with Crippen LogP contribution in [-0.2, 0) is 6.54 Å². The minimum atomic E-state index is -0.861. The number of benzene rings is 1. The first kappa shape index (κ1) is 18.0. The van der Waals surface area contributed by atoms with Gasteiger partial charge < -0.3 is 15.3 Å². The third-order valence-corrected chi connectivity index (χ3v) is 4.67. The van der Waals surface area contributed by atoms with E-state index in [2.05, 4.69) is 24.1 Å². The van der Waals surface area contributed by atoms with Gasteiger partial charge in [-0.2, -0.15) is 0 Å². The lowest BCUT2D eigenvalue weighted by Crippen LogP contribution is -2.38. The fourth-order valence-electron chi connectivity index (χ4n) is 3.09. The van der Waals surface area contributed by atoms with Crippen LogP contribution in [0.5, 0.6) is 0 Å². The molecule has 0 unspecified atom stereocenters. The number of rotatable bonds is 8. The Balaban J connectivity index is 1.66. The number of nitrogens with zero attached hydrogens (tertiary/aromatic N) is 1. The number of carboxylic acids is 1. The topological polar surface area (TPSA) is 52.6 Å².